The highest BCUT2D eigenvalue weighted by Crippen LogP contribution is 2.32. The van der Waals surface area contributed by atoms with Gasteiger partial charge in [0.15, 0.2) is 0 Å². The van der Waals surface area contributed by atoms with Crippen LogP contribution in [0.4, 0.5) is 11.4 Å². The normalized spacial score (nSPS) is 14.1. The maximum Gasteiger partial charge on any atom is 0.213 e. The van der Waals surface area contributed by atoms with Crippen LogP contribution in [-0.2, 0) is 11.2 Å². The maximum atomic E-state index is 9.85. The van der Waals surface area contributed by atoms with Crippen molar-refractivity contribution in [2.45, 2.75) is 20.3 Å². The van der Waals surface area contributed by atoms with Crippen LogP contribution in [0.5, 0.6) is 11.6 Å². The van der Waals surface area contributed by atoms with Crippen LogP contribution >= 0.6 is 0 Å². The summed E-state index contributed by atoms with van der Waals surface area (Å²) >= 11 is 0. The molecular weight excluding hydrogens is 456 g/mol. The van der Waals surface area contributed by atoms with E-state index in [1.807, 2.05) is 36.8 Å². The number of amidine groups is 1. The Bertz CT molecular complexity index is 1440. The second-order valence-electron chi connectivity index (χ2n) is 8.98. The molecule has 4 N–H and O–H groups in total. The van der Waals surface area contributed by atoms with Crippen LogP contribution in [-0.4, -0.2) is 52.4 Å². The number of nitrogens with one attached hydrogen (secondary N) is 1. The molecule has 36 heavy (non-hydrogen) atoms. The Morgan fingerprint density at radius 3 is 2.81 bits per heavy atom. The number of benzene rings is 1. The zero-order valence-corrected chi connectivity index (χ0v) is 20.7. The summed E-state index contributed by atoms with van der Waals surface area (Å²) < 4.78 is 12.5. The van der Waals surface area contributed by atoms with E-state index >= 15 is 0 Å². The molecule has 9 heteroatoms. The van der Waals surface area contributed by atoms with Crippen molar-refractivity contribution in [2.75, 3.05) is 32.2 Å². The van der Waals surface area contributed by atoms with Crippen molar-refractivity contribution in [3.8, 4) is 22.8 Å². The average Bonchev–Trinajstić information content (AvgIpc) is 3.28. The van der Waals surface area contributed by atoms with Gasteiger partial charge in [-0.1, -0.05) is 6.92 Å². The van der Waals surface area contributed by atoms with Crippen LogP contribution in [0.3, 0.4) is 0 Å². The Kier molecular flexibility index (Phi) is 6.47. The molecule has 3 aromatic heterocycles. The lowest BCUT2D eigenvalue weighted by Crippen LogP contribution is -2.34. The van der Waals surface area contributed by atoms with Gasteiger partial charge in [0.1, 0.15) is 11.6 Å². The predicted octanol–water partition coefficient (Wildman–Crippen LogP) is 4.08. The predicted molar refractivity (Wildman–Crippen MR) is 140 cm³/mol. The molecular formula is C27H30N6O3. The first-order chi connectivity index (χ1) is 17.5. The molecule has 1 aliphatic rings. The zero-order valence-electron chi connectivity index (χ0n) is 20.7. The molecule has 4 heterocycles. The highest BCUT2D eigenvalue weighted by Gasteiger charge is 2.21. The summed E-state index contributed by atoms with van der Waals surface area (Å²) in [6.45, 7) is 6.28. The molecule has 4 aromatic rings. The van der Waals surface area contributed by atoms with E-state index in [9.17, 15) is 5.11 Å². The number of aryl methyl sites for hydroxylation is 2. The molecule has 0 bridgehead atoms. The molecule has 0 atom stereocenters. The molecule has 186 valence electrons. The molecule has 0 radical (unpaired) electrons. The van der Waals surface area contributed by atoms with Gasteiger partial charge in [0, 0.05) is 42.0 Å². The number of anilines is 1. The molecule has 9 nitrogen and oxygen atoms in total. The molecule has 1 aromatic carbocycles. The van der Waals surface area contributed by atoms with Gasteiger partial charge in [-0.3, -0.25) is 0 Å². The Morgan fingerprint density at radius 2 is 2.11 bits per heavy atom. The first kappa shape index (κ1) is 23.6. The summed E-state index contributed by atoms with van der Waals surface area (Å²) in [5.74, 6) is 1.58. The monoisotopic (exact) mass is 486 g/mol. The molecule has 0 amide bonds. The summed E-state index contributed by atoms with van der Waals surface area (Å²) in [7, 11) is 1.61. The third-order valence-electron chi connectivity index (χ3n) is 6.48. The van der Waals surface area contributed by atoms with Gasteiger partial charge in [-0.25, -0.2) is 14.5 Å². The van der Waals surface area contributed by atoms with Crippen molar-refractivity contribution in [3.63, 3.8) is 0 Å². The maximum absolute atomic E-state index is 9.85. The summed E-state index contributed by atoms with van der Waals surface area (Å²) in [5, 5.41) is 18.1. The molecule has 0 unspecified atom stereocenters. The average molecular weight is 487 g/mol. The fourth-order valence-corrected chi connectivity index (χ4v) is 4.33. The fourth-order valence-electron chi connectivity index (χ4n) is 4.33. The fraction of sp³-hybridized carbons (Fsp3) is 0.296. The highest BCUT2D eigenvalue weighted by atomic mass is 16.5. The van der Waals surface area contributed by atoms with Crippen molar-refractivity contribution in [1.29, 1.82) is 0 Å². The molecule has 0 aliphatic carbocycles. The lowest BCUT2D eigenvalue weighted by Gasteiger charge is -2.27. The standard InChI is InChI=1S/C27H30N6O3/c1-4-18-8-20(34)5-6-23(18)32-27(28)22-12-31-33-13-19(21-11-29-25(35-3)7-16(21)2)9-24(33)26(22)30-10-17-14-36-15-17/h5-9,11-13,17,30,34H,4,10,14-15H2,1-3H3,(H2,28,32). The van der Waals surface area contributed by atoms with Crippen molar-refractivity contribution >= 4 is 22.7 Å². The number of hydrogen-bond donors (Lipinski definition) is 3. The molecule has 5 rings (SSSR count). The minimum Gasteiger partial charge on any atom is -0.508 e. The quantitative estimate of drug-likeness (QED) is 0.254. The lowest BCUT2D eigenvalue weighted by atomic mass is 10.1. The van der Waals surface area contributed by atoms with Crippen molar-refractivity contribution < 1.29 is 14.6 Å². The molecule has 1 fully saturated rings. The van der Waals surface area contributed by atoms with Crippen LogP contribution in [0.15, 0.2) is 53.9 Å². The Morgan fingerprint density at radius 1 is 1.28 bits per heavy atom. The highest BCUT2D eigenvalue weighted by molar-refractivity contribution is 6.06. The topological polar surface area (TPSA) is 119 Å². The number of ether oxygens (including phenoxy) is 2. The summed E-state index contributed by atoms with van der Waals surface area (Å²) in [6.07, 6.45) is 6.26. The van der Waals surface area contributed by atoms with E-state index in [2.05, 4.69) is 21.5 Å². The largest absolute Gasteiger partial charge is 0.508 e. The molecule has 0 spiro atoms. The number of hydrogen-bond acceptors (Lipinski definition) is 7. The van der Waals surface area contributed by atoms with Gasteiger partial charge < -0.3 is 25.6 Å². The van der Waals surface area contributed by atoms with E-state index in [1.54, 1.807) is 31.5 Å². The van der Waals surface area contributed by atoms with Gasteiger partial charge in [0.25, 0.3) is 0 Å². The number of rotatable bonds is 8. The third kappa shape index (κ3) is 4.57. The van der Waals surface area contributed by atoms with E-state index in [4.69, 9.17) is 20.2 Å². The van der Waals surface area contributed by atoms with Crippen LogP contribution in [0.25, 0.3) is 16.6 Å². The van der Waals surface area contributed by atoms with Crippen molar-refractivity contribution in [3.05, 3.63) is 65.6 Å². The number of methoxy groups -OCH3 is 1. The van der Waals surface area contributed by atoms with Gasteiger partial charge in [-0.2, -0.15) is 5.10 Å². The number of aromatic nitrogens is 3. The number of aromatic hydroxyl groups is 1. The Balaban J connectivity index is 1.59. The van der Waals surface area contributed by atoms with E-state index in [1.165, 1.54) is 0 Å². The van der Waals surface area contributed by atoms with Crippen LogP contribution in [0.1, 0.15) is 23.6 Å². The molecule has 1 saturated heterocycles. The smallest absolute Gasteiger partial charge is 0.213 e. The number of phenols is 1. The van der Waals surface area contributed by atoms with Gasteiger partial charge in [-0.05, 0) is 48.7 Å². The second kappa shape index (κ2) is 9.87. The Labute approximate surface area is 209 Å². The number of aliphatic imine (C=N–C) groups is 1. The van der Waals surface area contributed by atoms with Crippen LogP contribution < -0.4 is 15.8 Å². The number of phenolic OH excluding ortho intramolecular Hbond substituents is 1. The SMILES string of the molecule is CCc1cc(O)ccc1N=C(N)c1cnn2cc(-c3cnc(OC)cc3C)cc2c1NCC1COC1. The van der Waals surface area contributed by atoms with Crippen LogP contribution in [0, 0.1) is 12.8 Å². The minimum atomic E-state index is 0.210. The number of pyridine rings is 1. The number of nitrogens with two attached hydrogens (primary N) is 1. The van der Waals surface area contributed by atoms with Gasteiger partial charge in [-0.15, -0.1) is 0 Å². The van der Waals surface area contributed by atoms with E-state index in [-0.39, 0.29) is 5.75 Å². The lowest BCUT2D eigenvalue weighted by molar-refractivity contribution is -0.0248. The summed E-state index contributed by atoms with van der Waals surface area (Å²) in [6, 6.07) is 9.11. The zero-order chi connectivity index (χ0) is 25.2. The van der Waals surface area contributed by atoms with Crippen LogP contribution in [0.2, 0.25) is 0 Å². The van der Waals surface area contributed by atoms with Gasteiger partial charge >= 0.3 is 0 Å². The van der Waals surface area contributed by atoms with Gasteiger partial charge in [0.05, 0.1) is 49.0 Å². The first-order valence-electron chi connectivity index (χ1n) is 12.0. The third-order valence-corrected chi connectivity index (χ3v) is 6.48. The molecule has 0 saturated carbocycles. The summed E-state index contributed by atoms with van der Waals surface area (Å²) in [5.41, 5.74) is 13.7. The second-order valence-corrected chi connectivity index (χ2v) is 8.98. The first-order valence-corrected chi connectivity index (χ1v) is 12.0. The minimum absolute atomic E-state index is 0.210. The Hall–Kier alpha value is -4.11. The summed E-state index contributed by atoms with van der Waals surface area (Å²) in [4.78, 5) is 9.10. The van der Waals surface area contributed by atoms with Crippen molar-refractivity contribution in [1.82, 2.24) is 14.6 Å². The number of nitrogens with zero attached hydrogens (tertiary/aromatic N) is 4. The van der Waals surface area contributed by atoms with Gasteiger partial charge in [0.2, 0.25) is 5.88 Å². The van der Waals surface area contributed by atoms with E-state index < -0.39 is 0 Å². The molecule has 1 aliphatic heterocycles. The van der Waals surface area contributed by atoms with Crippen molar-refractivity contribution in [2.24, 2.45) is 16.6 Å². The van der Waals surface area contributed by atoms with E-state index in [0.717, 1.165) is 65.3 Å². The van der Waals surface area contributed by atoms with E-state index in [0.29, 0.717) is 23.2 Å². The number of fused-ring (bicyclic) bond motifs is 1.